The van der Waals surface area contributed by atoms with Crippen LogP contribution in [0.25, 0.3) is 11.0 Å². The third kappa shape index (κ3) is 4.64. The van der Waals surface area contributed by atoms with Gasteiger partial charge >= 0.3 is 0 Å². The number of benzene rings is 3. The summed E-state index contributed by atoms with van der Waals surface area (Å²) in [5.41, 5.74) is 2.85. The van der Waals surface area contributed by atoms with E-state index in [4.69, 9.17) is 13.9 Å². The van der Waals surface area contributed by atoms with Crippen LogP contribution in [-0.2, 0) is 0 Å². The van der Waals surface area contributed by atoms with E-state index in [1.165, 1.54) is 0 Å². The molecule has 37 heavy (non-hydrogen) atoms. The summed E-state index contributed by atoms with van der Waals surface area (Å²) in [7, 11) is 0. The maximum atomic E-state index is 13.9. The van der Waals surface area contributed by atoms with Gasteiger partial charge in [-0.1, -0.05) is 47.0 Å². The highest BCUT2D eigenvalue weighted by molar-refractivity contribution is 9.10. The number of halogens is 1. The Morgan fingerprint density at radius 2 is 1.73 bits per heavy atom. The molecular weight excluding hydrogens is 534 g/mol. The normalized spacial score (nSPS) is 14.8. The van der Waals surface area contributed by atoms with E-state index in [-0.39, 0.29) is 17.1 Å². The highest BCUT2D eigenvalue weighted by Gasteiger charge is 2.44. The highest BCUT2D eigenvalue weighted by Crippen LogP contribution is 2.43. The van der Waals surface area contributed by atoms with Crippen molar-refractivity contribution in [3.8, 4) is 11.5 Å². The van der Waals surface area contributed by atoms with E-state index in [9.17, 15) is 9.59 Å². The lowest BCUT2D eigenvalue weighted by Gasteiger charge is -2.26. The topological polar surface area (TPSA) is 69.0 Å². The molecule has 0 radical (unpaired) electrons. The molecule has 2 heterocycles. The Balaban J connectivity index is 1.71. The number of carbonyl (C=O) groups is 1. The minimum Gasteiger partial charge on any atom is -0.490 e. The molecule has 6 nitrogen and oxygen atoms in total. The summed E-state index contributed by atoms with van der Waals surface area (Å²) < 4.78 is 18.9. The standard InChI is InChI=1S/C30H28BrNO5/c1-4-6-15-36-24-14-8-19(17-25(24)35-5-2)27-26-28(33)22-16-18(3)7-13-23(22)37-29(26)30(34)32(27)21-11-9-20(31)10-12-21/h7-14,16-17,27H,4-6,15H2,1-3H3. The van der Waals surface area contributed by atoms with Gasteiger partial charge in [-0.25, -0.2) is 0 Å². The van der Waals surface area contributed by atoms with Gasteiger partial charge < -0.3 is 13.9 Å². The Bertz CT molecular complexity index is 1530. The van der Waals surface area contributed by atoms with Gasteiger partial charge in [-0.15, -0.1) is 0 Å². The summed E-state index contributed by atoms with van der Waals surface area (Å²) in [4.78, 5) is 29.3. The fraction of sp³-hybridized carbons (Fsp3) is 0.267. The smallest absolute Gasteiger partial charge is 0.295 e. The average Bonchev–Trinajstić information content (AvgIpc) is 3.18. The Morgan fingerprint density at radius 3 is 2.46 bits per heavy atom. The van der Waals surface area contributed by atoms with Crippen molar-refractivity contribution in [2.75, 3.05) is 18.1 Å². The number of amides is 1. The first-order chi connectivity index (χ1) is 17.9. The molecule has 0 saturated carbocycles. The molecule has 1 amide bonds. The van der Waals surface area contributed by atoms with E-state index in [1.54, 1.807) is 11.0 Å². The fourth-order valence-electron chi connectivity index (χ4n) is 4.68. The molecule has 1 unspecified atom stereocenters. The van der Waals surface area contributed by atoms with Crippen LogP contribution in [0.3, 0.4) is 0 Å². The molecule has 190 valence electrons. The van der Waals surface area contributed by atoms with E-state index in [0.717, 1.165) is 28.4 Å². The van der Waals surface area contributed by atoms with Crippen molar-refractivity contribution in [3.63, 3.8) is 0 Å². The van der Waals surface area contributed by atoms with Crippen molar-refractivity contribution in [3.05, 3.63) is 97.8 Å². The van der Waals surface area contributed by atoms with Crippen LogP contribution < -0.4 is 19.8 Å². The van der Waals surface area contributed by atoms with Crippen LogP contribution in [-0.4, -0.2) is 19.1 Å². The van der Waals surface area contributed by atoms with Gasteiger partial charge in [-0.05, 0) is 74.4 Å². The monoisotopic (exact) mass is 561 g/mol. The first-order valence-electron chi connectivity index (χ1n) is 12.5. The number of aryl methyl sites for hydroxylation is 1. The zero-order valence-electron chi connectivity index (χ0n) is 21.0. The molecule has 0 N–H and O–H groups in total. The summed E-state index contributed by atoms with van der Waals surface area (Å²) in [5.74, 6) is 0.923. The van der Waals surface area contributed by atoms with Crippen LogP contribution in [0, 0.1) is 6.92 Å². The molecule has 0 bridgehead atoms. The van der Waals surface area contributed by atoms with Crippen LogP contribution in [0.4, 0.5) is 5.69 Å². The first-order valence-corrected chi connectivity index (χ1v) is 13.3. The lowest BCUT2D eigenvalue weighted by molar-refractivity contribution is 0.0971. The molecule has 1 atom stereocenters. The lowest BCUT2D eigenvalue weighted by atomic mass is 9.97. The van der Waals surface area contributed by atoms with Crippen LogP contribution in [0.2, 0.25) is 0 Å². The van der Waals surface area contributed by atoms with Crippen molar-refractivity contribution in [2.24, 2.45) is 0 Å². The number of rotatable bonds is 8. The van der Waals surface area contributed by atoms with E-state index in [2.05, 4.69) is 22.9 Å². The average molecular weight is 562 g/mol. The molecule has 0 fully saturated rings. The second kappa shape index (κ2) is 10.4. The number of fused-ring (bicyclic) bond motifs is 2. The predicted molar refractivity (Wildman–Crippen MR) is 148 cm³/mol. The second-order valence-electron chi connectivity index (χ2n) is 9.07. The van der Waals surface area contributed by atoms with Gasteiger partial charge in [0.1, 0.15) is 5.58 Å². The highest BCUT2D eigenvalue weighted by atomic mass is 79.9. The number of ether oxygens (including phenoxy) is 2. The summed E-state index contributed by atoms with van der Waals surface area (Å²) >= 11 is 3.46. The zero-order chi connectivity index (χ0) is 26.1. The summed E-state index contributed by atoms with van der Waals surface area (Å²) in [6.45, 7) is 6.98. The minimum absolute atomic E-state index is 0.0653. The first kappa shape index (κ1) is 25.1. The molecule has 0 saturated heterocycles. The summed E-state index contributed by atoms with van der Waals surface area (Å²) in [6, 6.07) is 17.8. The Morgan fingerprint density at radius 1 is 0.946 bits per heavy atom. The quantitative estimate of drug-likeness (QED) is 0.213. The van der Waals surface area contributed by atoms with Crippen LogP contribution in [0.15, 0.2) is 74.3 Å². The number of hydrogen-bond donors (Lipinski definition) is 0. The molecule has 3 aromatic carbocycles. The number of unbranched alkanes of at least 4 members (excludes halogenated alkanes) is 1. The molecule has 1 aromatic heterocycles. The molecule has 7 heteroatoms. The van der Waals surface area contributed by atoms with Crippen molar-refractivity contribution in [1.82, 2.24) is 0 Å². The van der Waals surface area contributed by atoms with Crippen LogP contribution >= 0.6 is 15.9 Å². The maximum absolute atomic E-state index is 13.9. The van der Waals surface area contributed by atoms with Crippen molar-refractivity contribution < 1.29 is 18.7 Å². The SMILES string of the molecule is CCCCOc1ccc(C2c3c(oc4ccc(C)cc4c3=O)C(=O)N2c2ccc(Br)cc2)cc1OCC. The largest absolute Gasteiger partial charge is 0.490 e. The molecule has 1 aliphatic rings. The maximum Gasteiger partial charge on any atom is 0.295 e. The minimum atomic E-state index is -0.686. The fourth-order valence-corrected chi connectivity index (χ4v) is 4.94. The van der Waals surface area contributed by atoms with Gasteiger partial charge in [0, 0.05) is 10.2 Å². The van der Waals surface area contributed by atoms with Gasteiger partial charge in [0.15, 0.2) is 16.9 Å². The van der Waals surface area contributed by atoms with E-state index < -0.39 is 6.04 Å². The van der Waals surface area contributed by atoms with Gasteiger partial charge in [0.2, 0.25) is 5.76 Å². The van der Waals surface area contributed by atoms with Gasteiger partial charge in [0.25, 0.3) is 5.91 Å². The molecule has 4 aromatic rings. The van der Waals surface area contributed by atoms with Gasteiger partial charge in [-0.3, -0.25) is 14.5 Å². The van der Waals surface area contributed by atoms with E-state index >= 15 is 0 Å². The summed E-state index contributed by atoms with van der Waals surface area (Å²) in [6.07, 6.45) is 1.96. The second-order valence-corrected chi connectivity index (χ2v) is 9.98. The van der Waals surface area contributed by atoms with E-state index in [0.29, 0.717) is 46.9 Å². The molecule has 5 rings (SSSR count). The Hall–Kier alpha value is -3.58. The molecule has 0 aliphatic carbocycles. The lowest BCUT2D eigenvalue weighted by Crippen LogP contribution is -2.29. The number of hydrogen-bond acceptors (Lipinski definition) is 5. The zero-order valence-corrected chi connectivity index (χ0v) is 22.6. The molecular formula is C30H28BrNO5. The number of anilines is 1. The third-order valence-electron chi connectivity index (χ3n) is 6.47. The number of carbonyl (C=O) groups excluding carboxylic acids is 1. The van der Waals surface area contributed by atoms with E-state index in [1.807, 2.05) is 68.4 Å². The van der Waals surface area contributed by atoms with Crippen molar-refractivity contribution in [2.45, 2.75) is 39.7 Å². The van der Waals surface area contributed by atoms with Gasteiger partial charge in [-0.2, -0.15) is 0 Å². The molecule has 0 spiro atoms. The Kier molecular flexibility index (Phi) is 7.07. The van der Waals surface area contributed by atoms with Crippen molar-refractivity contribution in [1.29, 1.82) is 0 Å². The molecule has 1 aliphatic heterocycles. The third-order valence-corrected chi connectivity index (χ3v) is 7.00. The van der Waals surface area contributed by atoms with Crippen LogP contribution in [0.1, 0.15) is 60.0 Å². The number of nitrogens with zero attached hydrogens (tertiary/aromatic N) is 1. The Labute approximate surface area is 223 Å². The van der Waals surface area contributed by atoms with Gasteiger partial charge in [0.05, 0.1) is 30.2 Å². The predicted octanol–water partition coefficient (Wildman–Crippen LogP) is 7.19. The summed E-state index contributed by atoms with van der Waals surface area (Å²) in [5, 5.41) is 0.457. The van der Waals surface area contributed by atoms with Crippen LogP contribution in [0.5, 0.6) is 11.5 Å². The van der Waals surface area contributed by atoms with Crippen molar-refractivity contribution >= 4 is 38.5 Å².